The maximum atomic E-state index is 13.0. The molecule has 2 amide bonds. The molecule has 6 heteroatoms. The van der Waals surface area contributed by atoms with Crippen molar-refractivity contribution >= 4 is 17.5 Å². The van der Waals surface area contributed by atoms with E-state index in [2.05, 4.69) is 10.6 Å². The van der Waals surface area contributed by atoms with E-state index >= 15 is 0 Å². The van der Waals surface area contributed by atoms with Gasteiger partial charge in [-0.3, -0.25) is 9.59 Å². The van der Waals surface area contributed by atoms with Gasteiger partial charge in [-0.25, -0.2) is 4.39 Å². The van der Waals surface area contributed by atoms with Gasteiger partial charge in [-0.2, -0.15) is 0 Å². The van der Waals surface area contributed by atoms with Crippen LogP contribution in [0.1, 0.15) is 23.2 Å². The van der Waals surface area contributed by atoms with Crippen molar-refractivity contribution in [1.82, 2.24) is 10.6 Å². The molecule has 19 heavy (non-hydrogen) atoms. The van der Waals surface area contributed by atoms with Gasteiger partial charge in [-0.1, -0.05) is 0 Å². The average molecular weight is 265 g/mol. The lowest BCUT2D eigenvalue weighted by molar-refractivity contribution is -0.122. The van der Waals surface area contributed by atoms with Crippen molar-refractivity contribution in [3.8, 4) is 0 Å². The molecule has 0 spiro atoms. The third-order valence-electron chi connectivity index (χ3n) is 2.92. The minimum Gasteiger partial charge on any atom is -0.398 e. The minimum atomic E-state index is -0.513. The molecule has 1 aromatic carbocycles. The van der Waals surface area contributed by atoms with Gasteiger partial charge in [0.25, 0.3) is 5.91 Å². The lowest BCUT2D eigenvalue weighted by Crippen LogP contribution is -2.35. The van der Waals surface area contributed by atoms with E-state index in [4.69, 9.17) is 5.73 Å². The number of carbonyl (C=O) groups is 2. The number of carbonyl (C=O) groups excluding carboxylic acids is 2. The first-order valence-electron chi connectivity index (χ1n) is 6.19. The third-order valence-corrected chi connectivity index (χ3v) is 2.92. The average Bonchev–Trinajstić information content (AvgIpc) is 3.21. The third kappa shape index (κ3) is 3.67. The Morgan fingerprint density at radius 2 is 1.95 bits per heavy atom. The van der Waals surface area contributed by atoms with Crippen LogP contribution in [0.2, 0.25) is 0 Å². The van der Waals surface area contributed by atoms with Crippen molar-refractivity contribution in [3.05, 3.63) is 29.6 Å². The molecule has 1 aliphatic rings. The number of amides is 2. The van der Waals surface area contributed by atoms with Crippen molar-refractivity contribution in [3.63, 3.8) is 0 Å². The van der Waals surface area contributed by atoms with Gasteiger partial charge in [0.2, 0.25) is 5.91 Å². The normalized spacial score (nSPS) is 13.9. The predicted octanol–water partition coefficient (Wildman–Crippen LogP) is 0.664. The summed E-state index contributed by atoms with van der Waals surface area (Å²) in [5.74, 6) is -0.784. The number of rotatable bonds is 5. The molecule has 0 saturated heterocycles. The molecule has 1 saturated carbocycles. The van der Waals surface area contributed by atoms with Crippen LogP contribution < -0.4 is 16.4 Å². The molecule has 0 heterocycles. The maximum Gasteiger partial charge on any atom is 0.253 e. The molecule has 102 valence electrons. The summed E-state index contributed by atoms with van der Waals surface area (Å²) in [6.45, 7) is 0.642. The molecule has 1 aromatic rings. The quantitative estimate of drug-likeness (QED) is 0.540. The molecule has 0 atom stereocenters. The van der Waals surface area contributed by atoms with E-state index in [1.54, 1.807) is 0 Å². The largest absolute Gasteiger partial charge is 0.398 e. The molecule has 0 unspecified atom stereocenters. The Bertz CT molecular complexity index is 501. The number of nitrogens with one attached hydrogen (secondary N) is 2. The first kappa shape index (κ1) is 13.3. The van der Waals surface area contributed by atoms with Gasteiger partial charge in [0, 0.05) is 24.7 Å². The van der Waals surface area contributed by atoms with Crippen LogP contribution in [0.15, 0.2) is 18.2 Å². The number of nitrogen functional groups attached to an aromatic ring is 1. The number of hydrogen-bond donors (Lipinski definition) is 3. The van der Waals surface area contributed by atoms with Gasteiger partial charge in [0.15, 0.2) is 0 Å². The Labute approximate surface area is 110 Å². The van der Waals surface area contributed by atoms with E-state index in [0.29, 0.717) is 6.54 Å². The van der Waals surface area contributed by atoms with Gasteiger partial charge < -0.3 is 16.4 Å². The molecule has 4 N–H and O–H groups in total. The molecular formula is C13H16FN3O2. The van der Waals surface area contributed by atoms with Crippen molar-refractivity contribution in [2.24, 2.45) is 5.92 Å². The monoisotopic (exact) mass is 265 g/mol. The smallest absolute Gasteiger partial charge is 0.253 e. The molecular weight excluding hydrogens is 249 g/mol. The second-order valence-electron chi connectivity index (χ2n) is 4.55. The first-order valence-corrected chi connectivity index (χ1v) is 6.19. The van der Waals surface area contributed by atoms with Gasteiger partial charge in [-0.15, -0.1) is 0 Å². The fourth-order valence-corrected chi connectivity index (χ4v) is 1.67. The molecule has 0 aliphatic heterocycles. The number of benzene rings is 1. The van der Waals surface area contributed by atoms with Gasteiger partial charge >= 0.3 is 0 Å². The Kier molecular flexibility index (Phi) is 3.99. The Morgan fingerprint density at radius 1 is 1.26 bits per heavy atom. The molecule has 1 fully saturated rings. The van der Waals surface area contributed by atoms with E-state index in [1.165, 1.54) is 12.1 Å². The van der Waals surface area contributed by atoms with E-state index in [0.717, 1.165) is 18.9 Å². The van der Waals surface area contributed by atoms with E-state index in [9.17, 15) is 14.0 Å². The first-order chi connectivity index (χ1) is 9.08. The SMILES string of the molecule is Nc1ccc(F)cc1C(=O)NCCNC(=O)C1CC1. The molecule has 1 aliphatic carbocycles. The molecule has 5 nitrogen and oxygen atoms in total. The number of hydrogen-bond acceptors (Lipinski definition) is 3. The fourth-order valence-electron chi connectivity index (χ4n) is 1.67. The summed E-state index contributed by atoms with van der Waals surface area (Å²) in [4.78, 5) is 23.1. The van der Waals surface area contributed by atoms with Crippen LogP contribution in [0.4, 0.5) is 10.1 Å². The minimum absolute atomic E-state index is 0.0273. The standard InChI is InChI=1S/C13H16FN3O2/c14-9-3-4-11(15)10(7-9)13(19)17-6-5-16-12(18)8-1-2-8/h3-4,7-8H,1-2,5-6,15H2,(H,16,18)(H,17,19). The summed E-state index contributed by atoms with van der Waals surface area (Å²) < 4.78 is 13.0. The van der Waals surface area contributed by atoms with Gasteiger partial charge in [0.05, 0.1) is 5.56 Å². The lowest BCUT2D eigenvalue weighted by Gasteiger charge is -2.08. The summed E-state index contributed by atoms with van der Waals surface area (Å²) in [5, 5.41) is 5.30. The summed E-state index contributed by atoms with van der Waals surface area (Å²) in [6.07, 6.45) is 1.88. The molecule has 0 aromatic heterocycles. The van der Waals surface area contributed by atoms with Crippen molar-refractivity contribution in [2.45, 2.75) is 12.8 Å². The molecule has 2 rings (SSSR count). The summed E-state index contributed by atoms with van der Waals surface area (Å²) >= 11 is 0. The summed E-state index contributed by atoms with van der Waals surface area (Å²) in [5.41, 5.74) is 5.92. The molecule has 0 bridgehead atoms. The highest BCUT2D eigenvalue weighted by molar-refractivity contribution is 5.99. The highest BCUT2D eigenvalue weighted by atomic mass is 19.1. The Hall–Kier alpha value is -2.11. The topological polar surface area (TPSA) is 84.2 Å². The van der Waals surface area contributed by atoms with Gasteiger partial charge in [-0.05, 0) is 31.0 Å². The summed E-state index contributed by atoms with van der Waals surface area (Å²) in [7, 11) is 0. The van der Waals surface area contributed by atoms with E-state index < -0.39 is 11.7 Å². The van der Waals surface area contributed by atoms with Crippen LogP contribution in [-0.4, -0.2) is 24.9 Å². The van der Waals surface area contributed by atoms with Crippen molar-refractivity contribution < 1.29 is 14.0 Å². The second-order valence-corrected chi connectivity index (χ2v) is 4.55. The fraction of sp³-hybridized carbons (Fsp3) is 0.385. The highest BCUT2D eigenvalue weighted by Crippen LogP contribution is 2.28. The Balaban J connectivity index is 1.77. The number of halogens is 1. The van der Waals surface area contributed by atoms with Crippen LogP contribution in [0.25, 0.3) is 0 Å². The number of anilines is 1. The van der Waals surface area contributed by atoms with E-state index in [-0.39, 0.29) is 29.6 Å². The predicted molar refractivity (Wildman–Crippen MR) is 68.9 cm³/mol. The maximum absolute atomic E-state index is 13.0. The van der Waals surface area contributed by atoms with Crippen molar-refractivity contribution in [1.29, 1.82) is 0 Å². The molecule has 0 radical (unpaired) electrons. The highest BCUT2D eigenvalue weighted by Gasteiger charge is 2.28. The van der Waals surface area contributed by atoms with Crippen LogP contribution in [0, 0.1) is 11.7 Å². The van der Waals surface area contributed by atoms with E-state index in [1.807, 2.05) is 0 Å². The Morgan fingerprint density at radius 3 is 2.63 bits per heavy atom. The zero-order chi connectivity index (χ0) is 13.8. The van der Waals surface area contributed by atoms with Crippen LogP contribution >= 0.6 is 0 Å². The van der Waals surface area contributed by atoms with Crippen LogP contribution in [0.5, 0.6) is 0 Å². The second kappa shape index (κ2) is 5.69. The van der Waals surface area contributed by atoms with Crippen LogP contribution in [0.3, 0.4) is 0 Å². The van der Waals surface area contributed by atoms with Gasteiger partial charge in [0.1, 0.15) is 5.82 Å². The number of nitrogens with two attached hydrogens (primary N) is 1. The zero-order valence-corrected chi connectivity index (χ0v) is 10.4. The lowest BCUT2D eigenvalue weighted by atomic mass is 10.1. The zero-order valence-electron chi connectivity index (χ0n) is 10.4. The van der Waals surface area contributed by atoms with Crippen LogP contribution in [-0.2, 0) is 4.79 Å². The van der Waals surface area contributed by atoms with Crippen molar-refractivity contribution in [2.75, 3.05) is 18.8 Å². The summed E-state index contributed by atoms with van der Waals surface area (Å²) in [6, 6.07) is 3.63.